The molecule has 1 atom stereocenters. The third kappa shape index (κ3) is 7.63. The highest BCUT2D eigenvalue weighted by molar-refractivity contribution is 5.86. The van der Waals surface area contributed by atoms with Gasteiger partial charge in [0.2, 0.25) is 5.88 Å². The Morgan fingerprint density at radius 3 is 2.37 bits per heavy atom. The summed E-state index contributed by atoms with van der Waals surface area (Å²) < 4.78 is 32.1. The van der Waals surface area contributed by atoms with E-state index in [0.29, 0.717) is 34.7 Å². The van der Waals surface area contributed by atoms with Gasteiger partial charge in [-0.2, -0.15) is 0 Å². The molecule has 0 aromatic carbocycles. The number of pyridine rings is 2. The van der Waals surface area contributed by atoms with E-state index in [-0.39, 0.29) is 24.0 Å². The molecule has 2 aromatic heterocycles. The zero-order valence-corrected chi connectivity index (χ0v) is 23.9. The van der Waals surface area contributed by atoms with Crippen LogP contribution in [0.5, 0.6) is 5.88 Å². The summed E-state index contributed by atoms with van der Waals surface area (Å²) in [7, 11) is 0. The lowest BCUT2D eigenvalue weighted by molar-refractivity contribution is -0.160. The summed E-state index contributed by atoms with van der Waals surface area (Å²) in [6.07, 6.45) is 3.88. The van der Waals surface area contributed by atoms with Crippen LogP contribution in [0.15, 0.2) is 18.5 Å². The number of aryl methyl sites for hydroxylation is 1. The van der Waals surface area contributed by atoms with Crippen LogP contribution in [-0.4, -0.2) is 59.1 Å². The Labute approximate surface area is 225 Å². The van der Waals surface area contributed by atoms with Crippen molar-refractivity contribution < 1.29 is 28.5 Å². The number of nitrogens with zero attached hydrogens (tertiary/aromatic N) is 3. The average Bonchev–Trinajstić information content (AvgIpc) is 2.80. The first-order chi connectivity index (χ1) is 17.7. The maximum Gasteiger partial charge on any atom is 0.337 e. The van der Waals surface area contributed by atoms with Gasteiger partial charge in [-0.25, -0.2) is 14.2 Å². The number of halogens is 1. The second-order valence-electron chi connectivity index (χ2n) is 11.9. The summed E-state index contributed by atoms with van der Waals surface area (Å²) in [5, 5.41) is 10.2. The predicted octanol–water partition coefficient (Wildman–Crippen LogP) is 5.96. The molecule has 1 aliphatic rings. The van der Waals surface area contributed by atoms with E-state index in [1.54, 1.807) is 13.1 Å². The van der Waals surface area contributed by atoms with E-state index in [2.05, 4.69) is 28.7 Å². The number of piperidine rings is 1. The minimum Gasteiger partial charge on any atom is -0.479 e. The van der Waals surface area contributed by atoms with E-state index >= 15 is 4.39 Å². The fourth-order valence-electron chi connectivity index (χ4n) is 4.50. The number of ether oxygens (including phenoxy) is 3. The van der Waals surface area contributed by atoms with E-state index in [4.69, 9.17) is 14.2 Å². The molecule has 1 saturated heterocycles. The molecule has 0 saturated carbocycles. The van der Waals surface area contributed by atoms with Crippen LogP contribution in [0.2, 0.25) is 0 Å². The summed E-state index contributed by atoms with van der Waals surface area (Å²) >= 11 is 0. The lowest BCUT2D eigenvalue weighted by atomic mass is 9.82. The molecule has 0 aliphatic carbocycles. The van der Waals surface area contributed by atoms with Crippen molar-refractivity contribution in [3.05, 3.63) is 35.5 Å². The highest BCUT2D eigenvalue weighted by Crippen LogP contribution is 2.43. The second-order valence-corrected chi connectivity index (χ2v) is 11.9. The van der Waals surface area contributed by atoms with Crippen LogP contribution in [0.1, 0.15) is 78.7 Å². The first-order valence-corrected chi connectivity index (χ1v) is 13.2. The summed E-state index contributed by atoms with van der Waals surface area (Å²) in [5.74, 6) is -1.82. The molecule has 1 fully saturated rings. The van der Waals surface area contributed by atoms with Gasteiger partial charge in [0.15, 0.2) is 11.9 Å². The van der Waals surface area contributed by atoms with Crippen LogP contribution in [0.3, 0.4) is 0 Å². The number of carboxylic acids is 1. The smallest absolute Gasteiger partial charge is 0.337 e. The molecular weight excluding hydrogens is 489 g/mol. The highest BCUT2D eigenvalue weighted by Gasteiger charge is 2.36. The minimum absolute atomic E-state index is 0.0534. The number of aliphatic carboxylic acids is 1. The van der Waals surface area contributed by atoms with Crippen molar-refractivity contribution >= 4 is 11.7 Å². The molecule has 38 heavy (non-hydrogen) atoms. The van der Waals surface area contributed by atoms with Gasteiger partial charge in [0.1, 0.15) is 6.61 Å². The van der Waals surface area contributed by atoms with Gasteiger partial charge in [-0.15, -0.1) is 0 Å². The Bertz CT molecular complexity index is 1120. The zero-order chi connectivity index (χ0) is 28.3. The maximum atomic E-state index is 15.1. The molecule has 210 valence electrons. The second kappa shape index (κ2) is 11.9. The SMILES string of the molecule is Cc1ncc(-c2cnc(OCCOC(C)C)c(F)c2)c(N2CCC(C)(C)CC2)c1[C@H](OC(C)(C)C)C(=O)O. The van der Waals surface area contributed by atoms with Crippen LogP contribution in [0.25, 0.3) is 11.1 Å². The Morgan fingerprint density at radius 2 is 1.82 bits per heavy atom. The van der Waals surface area contributed by atoms with Crippen molar-refractivity contribution in [2.45, 2.75) is 86.0 Å². The molecule has 0 spiro atoms. The summed E-state index contributed by atoms with van der Waals surface area (Å²) in [6.45, 7) is 17.5. The number of hydrogen-bond donors (Lipinski definition) is 1. The van der Waals surface area contributed by atoms with Gasteiger partial charge >= 0.3 is 5.97 Å². The topological polar surface area (TPSA) is 94.0 Å². The van der Waals surface area contributed by atoms with E-state index in [9.17, 15) is 9.90 Å². The van der Waals surface area contributed by atoms with E-state index in [0.717, 1.165) is 25.9 Å². The van der Waals surface area contributed by atoms with Gasteiger partial charge in [-0.3, -0.25) is 4.98 Å². The third-order valence-electron chi connectivity index (χ3n) is 6.57. The van der Waals surface area contributed by atoms with Crippen molar-refractivity contribution in [3.63, 3.8) is 0 Å². The van der Waals surface area contributed by atoms with Gasteiger partial charge in [0, 0.05) is 47.9 Å². The van der Waals surface area contributed by atoms with Gasteiger partial charge in [0.05, 0.1) is 24.0 Å². The van der Waals surface area contributed by atoms with Gasteiger partial charge in [-0.05, 0) is 65.9 Å². The average molecular weight is 532 g/mol. The van der Waals surface area contributed by atoms with Crippen LogP contribution in [-0.2, 0) is 14.3 Å². The molecule has 3 rings (SSSR count). The quantitative estimate of drug-likeness (QED) is 0.375. The van der Waals surface area contributed by atoms with E-state index in [1.165, 1.54) is 12.3 Å². The van der Waals surface area contributed by atoms with Crippen molar-refractivity contribution in [3.8, 4) is 17.0 Å². The first kappa shape index (κ1) is 29.8. The molecule has 8 nitrogen and oxygen atoms in total. The van der Waals surface area contributed by atoms with Crippen molar-refractivity contribution in [1.82, 2.24) is 9.97 Å². The van der Waals surface area contributed by atoms with Crippen molar-refractivity contribution in [1.29, 1.82) is 0 Å². The molecule has 1 N–H and O–H groups in total. The zero-order valence-electron chi connectivity index (χ0n) is 23.9. The number of carbonyl (C=O) groups is 1. The Balaban J connectivity index is 2.09. The molecule has 0 amide bonds. The van der Waals surface area contributed by atoms with E-state index in [1.807, 2.05) is 34.6 Å². The predicted molar refractivity (Wildman–Crippen MR) is 145 cm³/mol. The maximum absolute atomic E-state index is 15.1. The Kier molecular flexibility index (Phi) is 9.36. The minimum atomic E-state index is -1.24. The Hall–Kier alpha value is -2.78. The molecule has 1 aliphatic heterocycles. The standard InChI is InChI=1S/C29H42FN3O5/c1-18(2)36-13-14-37-26-22(30)15-20(16-32-26)21-17-31-19(3)23(25(27(34)35)38-28(4,5)6)24(21)33-11-9-29(7,8)10-12-33/h15-18,25H,9-14H2,1-8H3,(H,34,35)/t25-/m0/s1. The molecule has 9 heteroatoms. The van der Waals surface area contributed by atoms with E-state index < -0.39 is 23.5 Å². The number of carboxylic acid groups (broad SMARTS) is 1. The summed E-state index contributed by atoms with van der Waals surface area (Å²) in [5.41, 5.74) is 2.30. The summed E-state index contributed by atoms with van der Waals surface area (Å²) in [6, 6.07) is 1.36. The largest absolute Gasteiger partial charge is 0.479 e. The normalized spacial score (nSPS) is 16.5. The van der Waals surface area contributed by atoms with Crippen molar-refractivity contribution in [2.24, 2.45) is 5.41 Å². The van der Waals surface area contributed by atoms with Gasteiger partial charge < -0.3 is 24.2 Å². The molecule has 2 aromatic rings. The van der Waals surface area contributed by atoms with Gasteiger partial charge in [0.25, 0.3) is 0 Å². The molecule has 3 heterocycles. The lowest BCUT2D eigenvalue weighted by Gasteiger charge is -2.40. The third-order valence-corrected chi connectivity index (χ3v) is 6.57. The molecule has 0 radical (unpaired) electrons. The Morgan fingerprint density at radius 1 is 1.16 bits per heavy atom. The molecule has 0 bridgehead atoms. The monoisotopic (exact) mass is 531 g/mol. The summed E-state index contributed by atoms with van der Waals surface area (Å²) in [4.78, 5) is 23.4. The fraction of sp³-hybridized carbons (Fsp3) is 0.621. The number of hydrogen-bond acceptors (Lipinski definition) is 7. The number of aromatic nitrogens is 2. The van der Waals surface area contributed by atoms with Crippen LogP contribution in [0, 0.1) is 18.2 Å². The van der Waals surface area contributed by atoms with Crippen LogP contribution < -0.4 is 9.64 Å². The van der Waals surface area contributed by atoms with Gasteiger partial charge in [-0.1, -0.05) is 13.8 Å². The number of anilines is 1. The van der Waals surface area contributed by atoms with Crippen molar-refractivity contribution in [2.75, 3.05) is 31.2 Å². The number of rotatable bonds is 10. The van der Waals surface area contributed by atoms with Crippen LogP contribution >= 0.6 is 0 Å². The molecule has 0 unspecified atom stereocenters. The highest BCUT2D eigenvalue weighted by atomic mass is 19.1. The first-order valence-electron chi connectivity index (χ1n) is 13.2. The van der Waals surface area contributed by atoms with Crippen LogP contribution in [0.4, 0.5) is 10.1 Å². The lowest BCUT2D eigenvalue weighted by Crippen LogP contribution is -2.39. The molecular formula is C29H42FN3O5. The fourth-order valence-corrected chi connectivity index (χ4v) is 4.50.